The summed E-state index contributed by atoms with van der Waals surface area (Å²) in [5, 5.41) is 8.47. The molecule has 0 unspecified atom stereocenters. The van der Waals surface area contributed by atoms with E-state index < -0.39 is 5.97 Å². The number of halogens is 1. The largest absolute Gasteiger partial charge is 0.478 e. The normalized spacial score (nSPS) is 9.55. The zero-order chi connectivity index (χ0) is 8.43. The van der Waals surface area contributed by atoms with Gasteiger partial charge in [-0.25, -0.2) is 4.79 Å². The van der Waals surface area contributed by atoms with Gasteiger partial charge >= 0.3 is 5.97 Å². The maximum Gasteiger partial charge on any atom is 0.338 e. The van der Waals surface area contributed by atoms with E-state index in [1.54, 1.807) is 12.1 Å². The maximum absolute atomic E-state index is 10.3. The van der Waals surface area contributed by atoms with Crippen LogP contribution in [0.15, 0.2) is 27.8 Å². The SMILES string of the molecule is C=C(C(=O)O)c1ccc(Br)o1. The second kappa shape index (κ2) is 2.92. The van der Waals surface area contributed by atoms with E-state index in [0.29, 0.717) is 4.67 Å². The van der Waals surface area contributed by atoms with E-state index in [4.69, 9.17) is 9.52 Å². The zero-order valence-corrected chi connectivity index (χ0v) is 7.09. The summed E-state index contributed by atoms with van der Waals surface area (Å²) in [6, 6.07) is 3.16. The van der Waals surface area contributed by atoms with Gasteiger partial charge in [-0.05, 0) is 28.1 Å². The Kier molecular flexibility index (Phi) is 2.14. The Morgan fingerprint density at radius 3 is 2.64 bits per heavy atom. The standard InChI is InChI=1S/C7H5BrO3/c1-4(7(9)10)5-2-3-6(8)11-5/h2-3H,1H2,(H,9,10). The Hall–Kier alpha value is -1.03. The third kappa shape index (κ3) is 1.71. The predicted octanol–water partition coefficient (Wildman–Crippen LogP) is 2.14. The number of hydrogen-bond donors (Lipinski definition) is 1. The molecule has 3 nitrogen and oxygen atoms in total. The van der Waals surface area contributed by atoms with Crippen LogP contribution in [0.3, 0.4) is 0 Å². The lowest BCUT2D eigenvalue weighted by Gasteiger charge is -1.91. The van der Waals surface area contributed by atoms with Crippen molar-refractivity contribution in [2.45, 2.75) is 0 Å². The second-order valence-corrected chi connectivity index (χ2v) is 2.67. The van der Waals surface area contributed by atoms with Crippen LogP contribution in [0.5, 0.6) is 0 Å². The summed E-state index contributed by atoms with van der Waals surface area (Å²) in [6.45, 7) is 3.32. The van der Waals surface area contributed by atoms with Gasteiger partial charge in [0.25, 0.3) is 0 Å². The summed E-state index contributed by atoms with van der Waals surface area (Å²) in [5.74, 6) is -0.809. The van der Waals surface area contributed by atoms with Crippen molar-refractivity contribution in [1.82, 2.24) is 0 Å². The van der Waals surface area contributed by atoms with Crippen LogP contribution in [0, 0.1) is 0 Å². The maximum atomic E-state index is 10.3. The Morgan fingerprint density at radius 1 is 1.64 bits per heavy atom. The van der Waals surface area contributed by atoms with Crippen molar-refractivity contribution in [3.63, 3.8) is 0 Å². The Bertz CT molecular complexity index is 300. The molecular formula is C7H5BrO3. The molecule has 11 heavy (non-hydrogen) atoms. The number of rotatable bonds is 2. The van der Waals surface area contributed by atoms with Gasteiger partial charge in [0, 0.05) is 0 Å². The molecule has 0 spiro atoms. The second-order valence-electron chi connectivity index (χ2n) is 1.89. The van der Waals surface area contributed by atoms with Gasteiger partial charge in [0.1, 0.15) is 5.76 Å². The molecule has 0 amide bonds. The Labute approximate surface area is 71.5 Å². The van der Waals surface area contributed by atoms with E-state index >= 15 is 0 Å². The molecule has 0 aliphatic carbocycles. The van der Waals surface area contributed by atoms with Crippen LogP contribution in [0.1, 0.15) is 5.76 Å². The van der Waals surface area contributed by atoms with E-state index in [1.165, 1.54) is 0 Å². The minimum atomic E-state index is -1.08. The molecule has 0 saturated heterocycles. The van der Waals surface area contributed by atoms with E-state index in [9.17, 15) is 4.79 Å². The van der Waals surface area contributed by atoms with Gasteiger partial charge in [0.15, 0.2) is 4.67 Å². The summed E-state index contributed by atoms with van der Waals surface area (Å²) < 4.78 is 5.44. The summed E-state index contributed by atoms with van der Waals surface area (Å²) in [7, 11) is 0. The van der Waals surface area contributed by atoms with Gasteiger partial charge in [0.05, 0.1) is 5.57 Å². The van der Waals surface area contributed by atoms with E-state index in [0.717, 1.165) is 0 Å². The molecule has 1 rings (SSSR count). The number of carbonyl (C=O) groups is 1. The van der Waals surface area contributed by atoms with Gasteiger partial charge < -0.3 is 9.52 Å². The average Bonchev–Trinajstić information content (AvgIpc) is 2.34. The predicted molar refractivity (Wildman–Crippen MR) is 43.1 cm³/mol. The van der Waals surface area contributed by atoms with Crippen molar-refractivity contribution in [1.29, 1.82) is 0 Å². The van der Waals surface area contributed by atoms with Gasteiger partial charge in [0.2, 0.25) is 0 Å². The molecule has 0 saturated carbocycles. The van der Waals surface area contributed by atoms with Gasteiger partial charge in [-0.2, -0.15) is 0 Å². The molecular weight excluding hydrogens is 212 g/mol. The lowest BCUT2D eigenvalue weighted by molar-refractivity contribution is -0.130. The summed E-state index contributed by atoms with van der Waals surface area (Å²) in [6.07, 6.45) is 0. The first-order valence-corrected chi connectivity index (χ1v) is 3.58. The Morgan fingerprint density at radius 2 is 2.27 bits per heavy atom. The molecule has 0 radical (unpaired) electrons. The monoisotopic (exact) mass is 216 g/mol. The topological polar surface area (TPSA) is 50.4 Å². The first-order valence-electron chi connectivity index (χ1n) is 2.79. The molecule has 0 aromatic carbocycles. The number of carboxylic acids is 1. The van der Waals surface area contributed by atoms with Gasteiger partial charge in [-0.1, -0.05) is 6.58 Å². The highest BCUT2D eigenvalue weighted by molar-refractivity contribution is 9.10. The fourth-order valence-electron chi connectivity index (χ4n) is 0.582. The summed E-state index contributed by atoms with van der Waals surface area (Å²) in [4.78, 5) is 10.3. The fraction of sp³-hybridized carbons (Fsp3) is 0. The van der Waals surface area contributed by atoms with Gasteiger partial charge in [-0.3, -0.25) is 0 Å². The van der Waals surface area contributed by atoms with Crippen LogP contribution in [0.25, 0.3) is 5.57 Å². The van der Waals surface area contributed by atoms with Crippen molar-refractivity contribution in [2.24, 2.45) is 0 Å². The third-order valence-corrected chi connectivity index (χ3v) is 1.55. The Balaban J connectivity index is 2.94. The molecule has 1 aromatic rings. The highest BCUT2D eigenvalue weighted by atomic mass is 79.9. The minimum Gasteiger partial charge on any atom is -0.478 e. The van der Waals surface area contributed by atoms with Crippen molar-refractivity contribution in [3.05, 3.63) is 29.1 Å². The molecule has 1 N–H and O–H groups in total. The van der Waals surface area contributed by atoms with Crippen molar-refractivity contribution in [2.75, 3.05) is 0 Å². The molecule has 0 aliphatic rings. The highest BCUT2D eigenvalue weighted by Gasteiger charge is 2.10. The molecule has 1 aromatic heterocycles. The van der Waals surface area contributed by atoms with E-state index in [-0.39, 0.29) is 11.3 Å². The van der Waals surface area contributed by atoms with Crippen LogP contribution >= 0.6 is 15.9 Å². The first kappa shape index (κ1) is 8.07. The third-order valence-electron chi connectivity index (χ3n) is 1.13. The quantitative estimate of drug-likeness (QED) is 0.772. The lowest BCUT2D eigenvalue weighted by Crippen LogP contribution is -1.95. The number of carboxylic acid groups (broad SMARTS) is 1. The zero-order valence-electron chi connectivity index (χ0n) is 5.50. The van der Waals surface area contributed by atoms with Crippen LogP contribution in [-0.2, 0) is 4.79 Å². The average molecular weight is 217 g/mol. The fourth-order valence-corrected chi connectivity index (χ4v) is 0.888. The van der Waals surface area contributed by atoms with Crippen molar-refractivity contribution >= 4 is 27.5 Å². The van der Waals surface area contributed by atoms with Gasteiger partial charge in [-0.15, -0.1) is 0 Å². The molecule has 0 atom stereocenters. The molecule has 1 heterocycles. The highest BCUT2D eigenvalue weighted by Crippen LogP contribution is 2.19. The molecule has 0 aliphatic heterocycles. The van der Waals surface area contributed by atoms with Crippen LogP contribution in [0.2, 0.25) is 0 Å². The lowest BCUT2D eigenvalue weighted by atomic mass is 10.2. The smallest absolute Gasteiger partial charge is 0.338 e. The van der Waals surface area contributed by atoms with Crippen molar-refractivity contribution < 1.29 is 14.3 Å². The minimum absolute atomic E-state index is 0.0456. The van der Waals surface area contributed by atoms with Crippen LogP contribution in [-0.4, -0.2) is 11.1 Å². The molecule has 58 valence electrons. The number of aliphatic carboxylic acids is 1. The molecule has 0 fully saturated rings. The number of hydrogen-bond acceptors (Lipinski definition) is 2. The summed E-state index contributed by atoms with van der Waals surface area (Å²) >= 11 is 3.05. The van der Waals surface area contributed by atoms with Crippen LogP contribution in [0.4, 0.5) is 0 Å². The van der Waals surface area contributed by atoms with Crippen LogP contribution < -0.4 is 0 Å². The molecule has 0 bridgehead atoms. The first-order chi connectivity index (χ1) is 5.11. The summed E-state index contributed by atoms with van der Waals surface area (Å²) in [5.41, 5.74) is -0.0456. The van der Waals surface area contributed by atoms with E-state index in [1.807, 2.05) is 0 Å². The van der Waals surface area contributed by atoms with Crippen molar-refractivity contribution in [3.8, 4) is 0 Å². The van der Waals surface area contributed by atoms with E-state index in [2.05, 4.69) is 22.5 Å². The number of furan rings is 1. The molecule has 4 heteroatoms.